The van der Waals surface area contributed by atoms with Crippen molar-refractivity contribution in [1.29, 1.82) is 0 Å². The van der Waals surface area contributed by atoms with Gasteiger partial charge in [-0.15, -0.1) is 0 Å². The van der Waals surface area contributed by atoms with Crippen molar-refractivity contribution in [3.63, 3.8) is 0 Å². The summed E-state index contributed by atoms with van der Waals surface area (Å²) >= 11 is 5.91. The number of benzene rings is 3. The quantitative estimate of drug-likeness (QED) is 0.511. The fourth-order valence-corrected chi connectivity index (χ4v) is 4.56. The molecule has 0 bridgehead atoms. The van der Waals surface area contributed by atoms with E-state index in [2.05, 4.69) is 15.0 Å². The van der Waals surface area contributed by atoms with Crippen molar-refractivity contribution < 1.29 is 17.9 Å². The van der Waals surface area contributed by atoms with Crippen LogP contribution in [0.2, 0.25) is 5.02 Å². The van der Waals surface area contributed by atoms with Gasteiger partial charge < -0.3 is 10.1 Å². The Morgan fingerprint density at radius 3 is 2.58 bits per heavy atom. The van der Waals surface area contributed by atoms with Crippen LogP contribution in [0.25, 0.3) is 0 Å². The van der Waals surface area contributed by atoms with Gasteiger partial charge in [0.1, 0.15) is 18.2 Å². The number of hydrogen-bond acceptors (Lipinski definition) is 5. The van der Waals surface area contributed by atoms with Crippen LogP contribution in [0.5, 0.6) is 5.75 Å². The minimum absolute atomic E-state index is 0.0437. The molecule has 2 N–H and O–H groups in total. The molecule has 33 heavy (non-hydrogen) atoms. The van der Waals surface area contributed by atoms with Crippen LogP contribution in [-0.2, 0) is 16.6 Å². The smallest absolute Gasteiger partial charge is 0.262 e. The fraction of sp³-hybridized carbons (Fsp3) is 0.167. The van der Waals surface area contributed by atoms with E-state index >= 15 is 0 Å². The first-order chi connectivity index (χ1) is 15.9. The van der Waals surface area contributed by atoms with Gasteiger partial charge in [-0.25, -0.2) is 8.42 Å². The third-order valence-electron chi connectivity index (χ3n) is 4.97. The molecule has 0 atom stereocenters. The van der Waals surface area contributed by atoms with E-state index in [1.54, 1.807) is 48.5 Å². The summed E-state index contributed by atoms with van der Waals surface area (Å²) in [6.07, 6.45) is 1.43. The summed E-state index contributed by atoms with van der Waals surface area (Å²) in [5.74, 6) is 0.454. The van der Waals surface area contributed by atoms with Crippen LogP contribution in [0.1, 0.15) is 28.8 Å². The van der Waals surface area contributed by atoms with Gasteiger partial charge in [-0.1, -0.05) is 41.9 Å². The molecule has 0 saturated heterocycles. The maximum absolute atomic E-state index is 12.9. The zero-order valence-electron chi connectivity index (χ0n) is 17.6. The third-order valence-corrected chi connectivity index (χ3v) is 6.60. The summed E-state index contributed by atoms with van der Waals surface area (Å²) in [5, 5.41) is 3.39. The summed E-state index contributed by atoms with van der Waals surface area (Å²) in [6.45, 7) is 0.887. The van der Waals surface area contributed by atoms with Crippen LogP contribution in [0, 0.1) is 0 Å². The highest BCUT2D eigenvalue weighted by atomic mass is 35.5. The lowest BCUT2D eigenvalue weighted by Crippen LogP contribution is -2.29. The molecule has 3 aromatic rings. The number of amidine groups is 1. The molecule has 1 aliphatic heterocycles. The highest BCUT2D eigenvalue weighted by Crippen LogP contribution is 2.23. The molecule has 9 heteroatoms. The Bertz CT molecular complexity index is 1290. The predicted octanol–water partition coefficient (Wildman–Crippen LogP) is 4.64. The topological polar surface area (TPSA) is 96.9 Å². The van der Waals surface area contributed by atoms with Gasteiger partial charge in [0.05, 0.1) is 10.5 Å². The van der Waals surface area contributed by atoms with E-state index < -0.39 is 15.9 Å². The SMILES string of the molecule is O=C(Nc1cccc(S(=O)(=O)NC2=NCCC2)c1)c1ccccc1OCc1ccc(Cl)cc1. The van der Waals surface area contributed by atoms with E-state index in [4.69, 9.17) is 16.3 Å². The Kier molecular flexibility index (Phi) is 6.96. The number of carbonyl (C=O) groups excluding carboxylic acids is 1. The maximum Gasteiger partial charge on any atom is 0.262 e. The molecule has 0 spiro atoms. The number of anilines is 1. The average Bonchev–Trinajstić information content (AvgIpc) is 3.31. The summed E-state index contributed by atoms with van der Waals surface area (Å²) in [5.41, 5.74) is 1.59. The summed E-state index contributed by atoms with van der Waals surface area (Å²) in [4.78, 5) is 17.1. The molecule has 0 aromatic heterocycles. The lowest BCUT2D eigenvalue weighted by Gasteiger charge is -2.13. The Morgan fingerprint density at radius 2 is 1.82 bits per heavy atom. The minimum atomic E-state index is -3.78. The second-order valence-corrected chi connectivity index (χ2v) is 9.55. The van der Waals surface area contributed by atoms with Gasteiger partial charge >= 0.3 is 0 Å². The molecular formula is C24H22ClN3O4S. The van der Waals surface area contributed by atoms with Crippen LogP contribution in [0.4, 0.5) is 5.69 Å². The molecule has 0 aliphatic carbocycles. The van der Waals surface area contributed by atoms with Crippen molar-refractivity contribution in [2.75, 3.05) is 11.9 Å². The number of rotatable bonds is 7. The molecule has 0 saturated carbocycles. The van der Waals surface area contributed by atoms with Crippen molar-refractivity contribution in [3.8, 4) is 5.75 Å². The summed E-state index contributed by atoms with van der Waals surface area (Å²) in [7, 11) is -3.78. The molecule has 1 aliphatic rings. The monoisotopic (exact) mass is 483 g/mol. The number of para-hydroxylation sites is 1. The zero-order valence-corrected chi connectivity index (χ0v) is 19.2. The number of nitrogens with zero attached hydrogens (tertiary/aromatic N) is 1. The molecule has 4 rings (SSSR count). The first-order valence-electron chi connectivity index (χ1n) is 10.3. The van der Waals surface area contributed by atoms with E-state index in [0.717, 1.165) is 12.0 Å². The van der Waals surface area contributed by atoms with Gasteiger partial charge in [0, 0.05) is 23.7 Å². The lowest BCUT2D eigenvalue weighted by atomic mass is 10.1. The Hall–Kier alpha value is -3.36. The highest BCUT2D eigenvalue weighted by molar-refractivity contribution is 7.90. The number of sulfonamides is 1. The summed E-state index contributed by atoms with van der Waals surface area (Å²) < 4.78 is 33.7. The van der Waals surface area contributed by atoms with E-state index in [-0.39, 0.29) is 11.5 Å². The first kappa shape index (κ1) is 22.8. The second kappa shape index (κ2) is 10.1. The summed E-state index contributed by atoms with van der Waals surface area (Å²) in [6, 6.07) is 20.2. The van der Waals surface area contributed by atoms with Crippen LogP contribution < -0.4 is 14.8 Å². The Morgan fingerprint density at radius 1 is 1.03 bits per heavy atom. The zero-order chi connectivity index (χ0) is 23.3. The standard InChI is InChI=1S/C24H22ClN3O4S/c25-18-12-10-17(11-13-18)16-32-22-8-2-1-7-21(22)24(29)27-19-5-3-6-20(15-19)33(30,31)28-23-9-4-14-26-23/h1-3,5-8,10-13,15H,4,9,14,16H2,(H,26,28)(H,27,29). The van der Waals surface area contributed by atoms with Crippen molar-refractivity contribution in [1.82, 2.24) is 4.72 Å². The van der Waals surface area contributed by atoms with Crippen LogP contribution in [0.15, 0.2) is 82.7 Å². The first-order valence-corrected chi connectivity index (χ1v) is 12.2. The van der Waals surface area contributed by atoms with Gasteiger partial charge in [0.25, 0.3) is 15.9 Å². The van der Waals surface area contributed by atoms with Crippen LogP contribution >= 0.6 is 11.6 Å². The average molecular weight is 484 g/mol. The molecule has 0 fully saturated rings. The van der Waals surface area contributed by atoms with Crippen LogP contribution in [0.3, 0.4) is 0 Å². The molecule has 7 nitrogen and oxygen atoms in total. The number of ether oxygens (including phenoxy) is 1. The maximum atomic E-state index is 12.9. The van der Waals surface area contributed by atoms with E-state index in [0.29, 0.717) is 40.8 Å². The Labute approximate surface area is 197 Å². The van der Waals surface area contributed by atoms with Crippen molar-refractivity contribution >= 4 is 39.1 Å². The fourth-order valence-electron chi connectivity index (χ4n) is 3.30. The van der Waals surface area contributed by atoms with Crippen molar-refractivity contribution in [3.05, 3.63) is 88.9 Å². The lowest BCUT2D eigenvalue weighted by molar-refractivity contribution is 0.102. The molecule has 170 valence electrons. The van der Waals surface area contributed by atoms with Gasteiger partial charge in [0.2, 0.25) is 0 Å². The Balaban J connectivity index is 1.47. The minimum Gasteiger partial charge on any atom is -0.488 e. The number of nitrogens with one attached hydrogen (secondary N) is 2. The van der Waals surface area contributed by atoms with E-state index in [9.17, 15) is 13.2 Å². The second-order valence-electron chi connectivity index (χ2n) is 7.43. The third kappa shape index (κ3) is 5.91. The van der Waals surface area contributed by atoms with Crippen molar-refractivity contribution in [2.24, 2.45) is 4.99 Å². The van der Waals surface area contributed by atoms with Gasteiger partial charge in [-0.2, -0.15) is 0 Å². The number of aliphatic imine (C=N–C) groups is 1. The number of amides is 1. The van der Waals surface area contributed by atoms with Crippen molar-refractivity contribution in [2.45, 2.75) is 24.3 Å². The largest absolute Gasteiger partial charge is 0.488 e. The number of hydrogen-bond donors (Lipinski definition) is 2. The predicted molar refractivity (Wildman–Crippen MR) is 128 cm³/mol. The van der Waals surface area contributed by atoms with Gasteiger partial charge in [-0.3, -0.25) is 14.5 Å². The molecule has 0 unspecified atom stereocenters. The van der Waals surface area contributed by atoms with Gasteiger partial charge in [0.15, 0.2) is 0 Å². The number of carbonyl (C=O) groups is 1. The molecular weight excluding hydrogens is 462 g/mol. The highest BCUT2D eigenvalue weighted by Gasteiger charge is 2.19. The van der Waals surface area contributed by atoms with Gasteiger partial charge in [-0.05, 0) is 54.4 Å². The van der Waals surface area contributed by atoms with Crippen LogP contribution in [-0.4, -0.2) is 26.7 Å². The van der Waals surface area contributed by atoms with E-state index in [1.165, 1.54) is 12.1 Å². The molecule has 3 aromatic carbocycles. The molecule has 1 amide bonds. The molecule has 1 heterocycles. The normalized spacial score (nSPS) is 13.3. The number of halogens is 1. The van der Waals surface area contributed by atoms with E-state index in [1.807, 2.05) is 12.1 Å². The molecule has 0 radical (unpaired) electrons.